The van der Waals surface area contributed by atoms with Crippen molar-refractivity contribution in [2.45, 2.75) is 76.0 Å². The second-order valence-electron chi connectivity index (χ2n) is 7.64. The fourth-order valence-electron chi connectivity index (χ4n) is 4.06. The Labute approximate surface area is 139 Å². The molecule has 0 aromatic rings. The number of carbonyl (C=O) groups is 1. The summed E-state index contributed by atoms with van der Waals surface area (Å²) in [5, 5.41) is 12.4. The number of nitrogens with one attached hydrogen (secondary N) is 1. The molecule has 1 N–H and O–H groups in total. The molecule has 1 aliphatic heterocycles. The lowest BCUT2D eigenvalue weighted by molar-refractivity contribution is -0.124. The summed E-state index contributed by atoms with van der Waals surface area (Å²) in [6, 6.07) is 2.81. The molecule has 2 atom stereocenters. The van der Waals surface area contributed by atoms with E-state index in [1.165, 1.54) is 25.7 Å². The second kappa shape index (κ2) is 7.19. The molecule has 3 aliphatic rings. The van der Waals surface area contributed by atoms with E-state index in [2.05, 4.69) is 16.3 Å². The minimum Gasteiger partial charge on any atom is -0.377 e. The van der Waals surface area contributed by atoms with Gasteiger partial charge in [-0.2, -0.15) is 5.26 Å². The molecule has 0 aromatic carbocycles. The molecule has 1 saturated heterocycles. The third-order valence-electron chi connectivity index (χ3n) is 5.68. The van der Waals surface area contributed by atoms with Crippen molar-refractivity contribution in [2.24, 2.45) is 5.92 Å². The topological polar surface area (TPSA) is 65.4 Å². The molecular formula is C18H29N3O2. The Morgan fingerprint density at radius 3 is 2.57 bits per heavy atom. The zero-order valence-corrected chi connectivity index (χ0v) is 14.2. The first-order valence-electron chi connectivity index (χ1n) is 9.18. The SMILES string of the molecule is C[C@](C#N)(NC(=O)CN(C[C@@H]1CCCO1)C1CCCC1)C1CC1. The highest BCUT2D eigenvalue weighted by molar-refractivity contribution is 5.79. The number of hydrogen-bond donors (Lipinski definition) is 1. The third kappa shape index (κ3) is 4.24. The summed E-state index contributed by atoms with van der Waals surface area (Å²) in [4.78, 5) is 14.9. The van der Waals surface area contributed by atoms with Crippen LogP contribution in [0.1, 0.15) is 58.3 Å². The molecule has 23 heavy (non-hydrogen) atoms. The molecule has 5 nitrogen and oxygen atoms in total. The van der Waals surface area contributed by atoms with E-state index in [9.17, 15) is 10.1 Å². The standard InChI is InChI=1S/C18H29N3O2/c1-18(13-19,14-8-9-14)20-17(22)12-21(15-5-2-3-6-15)11-16-7-4-10-23-16/h14-16H,2-12H2,1H3,(H,20,22)/t16-,18+/m0/s1. The first-order valence-corrected chi connectivity index (χ1v) is 9.18. The van der Waals surface area contributed by atoms with Crippen LogP contribution in [0, 0.1) is 17.2 Å². The predicted octanol–water partition coefficient (Wildman–Crippen LogP) is 2.22. The largest absolute Gasteiger partial charge is 0.377 e. The number of ether oxygens (including phenoxy) is 1. The Kier molecular flexibility index (Phi) is 5.23. The van der Waals surface area contributed by atoms with Crippen molar-refractivity contribution in [2.75, 3.05) is 19.7 Å². The van der Waals surface area contributed by atoms with Gasteiger partial charge in [0.05, 0.1) is 18.7 Å². The Morgan fingerprint density at radius 1 is 1.26 bits per heavy atom. The lowest BCUT2D eigenvalue weighted by atomic mass is 9.98. The minimum absolute atomic E-state index is 0.00848. The van der Waals surface area contributed by atoms with Crippen molar-refractivity contribution in [1.29, 1.82) is 5.26 Å². The van der Waals surface area contributed by atoms with Crippen molar-refractivity contribution in [3.8, 4) is 6.07 Å². The third-order valence-corrected chi connectivity index (χ3v) is 5.68. The molecule has 2 saturated carbocycles. The summed E-state index contributed by atoms with van der Waals surface area (Å²) in [7, 11) is 0. The number of hydrogen-bond acceptors (Lipinski definition) is 4. The van der Waals surface area contributed by atoms with E-state index in [4.69, 9.17) is 4.74 Å². The van der Waals surface area contributed by atoms with Crippen molar-refractivity contribution in [1.82, 2.24) is 10.2 Å². The highest BCUT2D eigenvalue weighted by Crippen LogP contribution is 2.39. The van der Waals surface area contributed by atoms with Gasteiger partial charge < -0.3 is 10.1 Å². The van der Waals surface area contributed by atoms with Crippen molar-refractivity contribution >= 4 is 5.91 Å². The zero-order valence-electron chi connectivity index (χ0n) is 14.2. The van der Waals surface area contributed by atoms with E-state index < -0.39 is 5.54 Å². The van der Waals surface area contributed by atoms with Gasteiger partial charge in [-0.1, -0.05) is 12.8 Å². The highest BCUT2D eigenvalue weighted by atomic mass is 16.5. The summed E-state index contributed by atoms with van der Waals surface area (Å²) >= 11 is 0. The quantitative estimate of drug-likeness (QED) is 0.781. The van der Waals surface area contributed by atoms with Crippen LogP contribution in [0.2, 0.25) is 0 Å². The van der Waals surface area contributed by atoms with Crippen molar-refractivity contribution in [3.63, 3.8) is 0 Å². The van der Waals surface area contributed by atoms with Crippen molar-refractivity contribution in [3.05, 3.63) is 0 Å². The maximum atomic E-state index is 12.5. The van der Waals surface area contributed by atoms with Crippen LogP contribution in [0.3, 0.4) is 0 Å². The number of carbonyl (C=O) groups excluding carboxylic acids is 1. The molecule has 0 radical (unpaired) electrons. The molecule has 0 bridgehead atoms. The molecule has 0 aromatic heterocycles. The fraction of sp³-hybridized carbons (Fsp3) is 0.889. The van der Waals surface area contributed by atoms with Crippen LogP contribution in [0.4, 0.5) is 0 Å². The average molecular weight is 319 g/mol. The summed E-state index contributed by atoms with van der Waals surface area (Å²) in [5.74, 6) is 0.320. The van der Waals surface area contributed by atoms with E-state index >= 15 is 0 Å². The average Bonchev–Trinajstić information content (AvgIpc) is 3.03. The molecule has 1 heterocycles. The van der Waals surface area contributed by atoms with Gasteiger partial charge in [0.15, 0.2) is 0 Å². The van der Waals surface area contributed by atoms with Gasteiger partial charge in [-0.15, -0.1) is 0 Å². The molecule has 0 unspecified atom stereocenters. The second-order valence-corrected chi connectivity index (χ2v) is 7.64. The van der Waals surface area contributed by atoms with E-state index in [0.29, 0.717) is 18.5 Å². The molecule has 2 aliphatic carbocycles. The Balaban J connectivity index is 1.57. The van der Waals surface area contributed by atoms with Crippen LogP contribution in [-0.2, 0) is 9.53 Å². The summed E-state index contributed by atoms with van der Waals surface area (Å²) in [5.41, 5.74) is -0.692. The zero-order chi connectivity index (χ0) is 16.3. The fourth-order valence-corrected chi connectivity index (χ4v) is 4.06. The van der Waals surface area contributed by atoms with Crippen LogP contribution in [-0.4, -0.2) is 48.2 Å². The smallest absolute Gasteiger partial charge is 0.235 e. The monoisotopic (exact) mass is 319 g/mol. The minimum atomic E-state index is -0.692. The molecule has 3 rings (SSSR count). The van der Waals surface area contributed by atoms with E-state index in [1.807, 2.05) is 6.92 Å². The summed E-state index contributed by atoms with van der Waals surface area (Å²) < 4.78 is 5.77. The molecule has 5 heteroatoms. The van der Waals surface area contributed by atoms with Gasteiger partial charge in [-0.05, 0) is 51.4 Å². The van der Waals surface area contributed by atoms with E-state index in [1.54, 1.807) is 0 Å². The maximum absolute atomic E-state index is 12.5. The number of amides is 1. The van der Waals surface area contributed by atoms with Gasteiger partial charge in [-0.3, -0.25) is 9.69 Å². The van der Waals surface area contributed by atoms with Crippen LogP contribution in [0.15, 0.2) is 0 Å². The molecule has 3 fully saturated rings. The Morgan fingerprint density at radius 2 is 2.00 bits per heavy atom. The first-order chi connectivity index (χ1) is 11.1. The van der Waals surface area contributed by atoms with E-state index in [0.717, 1.165) is 38.8 Å². The van der Waals surface area contributed by atoms with Crippen LogP contribution in [0.25, 0.3) is 0 Å². The maximum Gasteiger partial charge on any atom is 0.235 e. The highest BCUT2D eigenvalue weighted by Gasteiger charge is 2.43. The van der Waals surface area contributed by atoms with Gasteiger partial charge >= 0.3 is 0 Å². The molecule has 1 amide bonds. The molecule has 0 spiro atoms. The van der Waals surface area contributed by atoms with Crippen molar-refractivity contribution < 1.29 is 9.53 Å². The number of rotatable bonds is 7. The molecule has 128 valence electrons. The Hall–Kier alpha value is -1.12. The molecular weight excluding hydrogens is 290 g/mol. The lowest BCUT2D eigenvalue weighted by Gasteiger charge is -2.32. The summed E-state index contributed by atoms with van der Waals surface area (Å²) in [6.07, 6.45) is 9.47. The van der Waals surface area contributed by atoms with Gasteiger partial charge in [0.1, 0.15) is 5.54 Å². The Bertz CT molecular complexity index is 459. The van der Waals surface area contributed by atoms with Gasteiger partial charge in [0.2, 0.25) is 5.91 Å². The van der Waals surface area contributed by atoms with Gasteiger partial charge in [0, 0.05) is 19.2 Å². The number of nitriles is 1. The first kappa shape index (κ1) is 16.7. The van der Waals surface area contributed by atoms with Crippen LogP contribution in [0.5, 0.6) is 0 Å². The van der Waals surface area contributed by atoms with Gasteiger partial charge in [0.25, 0.3) is 0 Å². The number of nitrogens with zero attached hydrogens (tertiary/aromatic N) is 2. The van der Waals surface area contributed by atoms with Crippen LogP contribution < -0.4 is 5.32 Å². The summed E-state index contributed by atoms with van der Waals surface area (Å²) in [6.45, 7) is 3.96. The normalized spacial score (nSPS) is 27.8. The van der Waals surface area contributed by atoms with E-state index in [-0.39, 0.29) is 12.0 Å². The lowest BCUT2D eigenvalue weighted by Crippen LogP contribution is -2.52. The predicted molar refractivity (Wildman–Crippen MR) is 87.7 cm³/mol. The van der Waals surface area contributed by atoms with Crippen LogP contribution >= 0.6 is 0 Å². The van der Waals surface area contributed by atoms with Gasteiger partial charge in [-0.25, -0.2) is 0 Å².